The van der Waals surface area contributed by atoms with E-state index >= 15 is 0 Å². The fourth-order valence-corrected chi connectivity index (χ4v) is 14.5. The minimum absolute atomic E-state index is 0. The van der Waals surface area contributed by atoms with Crippen LogP contribution >= 0.6 is 23.8 Å². The summed E-state index contributed by atoms with van der Waals surface area (Å²) < 4.78 is 0. The number of rotatable bonds is 9. The molecule has 0 nitrogen and oxygen atoms in total. The van der Waals surface area contributed by atoms with Crippen molar-refractivity contribution in [3.05, 3.63) is 273 Å². The summed E-state index contributed by atoms with van der Waals surface area (Å²) in [4.78, 5) is 0. The van der Waals surface area contributed by atoms with E-state index in [1.54, 1.807) is 0 Å². The Bertz CT molecular complexity index is 1860. The molecule has 285 valence electrons. The monoisotopic (exact) mass is 981 g/mol. The molecule has 0 aliphatic carbocycles. The molecule has 0 saturated carbocycles. The van der Waals surface area contributed by atoms with E-state index in [9.17, 15) is 0 Å². The first-order chi connectivity index (χ1) is 28.3. The topological polar surface area (TPSA) is 0 Å². The summed E-state index contributed by atoms with van der Waals surface area (Å²) in [5.41, 5.74) is 0. The van der Waals surface area contributed by atoms with Gasteiger partial charge in [0.15, 0.2) is 0 Å². The van der Waals surface area contributed by atoms with Gasteiger partial charge in [-0.2, -0.15) is 18.2 Å². The zero-order valence-corrected chi connectivity index (χ0v) is 37.6. The molecular weight excluding hydrogens is 934 g/mol. The van der Waals surface area contributed by atoms with Crippen LogP contribution < -0.4 is 47.7 Å². The first-order valence-electron chi connectivity index (χ1n) is 19.4. The molecule has 58 heavy (non-hydrogen) atoms. The van der Waals surface area contributed by atoms with Crippen molar-refractivity contribution in [1.29, 1.82) is 0 Å². The Hall–Kier alpha value is -5.08. The van der Waals surface area contributed by atoms with E-state index in [0.717, 1.165) is 0 Å². The van der Waals surface area contributed by atoms with Crippen molar-refractivity contribution in [2.45, 2.75) is 0 Å². The third-order valence-corrected chi connectivity index (χ3v) is 17.6. The minimum atomic E-state index is -0.933. The zero-order chi connectivity index (χ0) is 38.7. The van der Waals surface area contributed by atoms with Crippen molar-refractivity contribution in [1.82, 2.24) is 0 Å². The molecule has 9 rings (SSSR count). The largest absolute Gasteiger partial charge is 0.173 e. The number of benzene rings is 9. The quantitative estimate of drug-likeness (QED) is 0.100. The van der Waals surface area contributed by atoms with Crippen LogP contribution in [-0.2, 0) is 20.1 Å². The molecule has 0 atom stereocenters. The molecule has 9 aromatic rings. The maximum absolute atomic E-state index is 3.41. The Morgan fingerprint density at radius 3 is 0.586 bits per heavy atom. The van der Waals surface area contributed by atoms with Crippen LogP contribution in [0.25, 0.3) is 0 Å². The Morgan fingerprint density at radius 1 is 0.207 bits per heavy atom. The standard InChI is InChI=1S/2C18H15P.C18H14P.Ir/c3*1-4-10-16(11-5-1)19(17-12-6-2-7-13-17)18-14-8-3-9-15-18;/h2*1-15H;1-14H;/q;;-1;/p+3. The van der Waals surface area contributed by atoms with Crippen LogP contribution in [-0.4, -0.2) is 0 Å². The fraction of sp³-hybridized carbons (Fsp3) is 0. The SMILES string of the molecule is [Ir].[c-]1ccccc1[PH+](c1ccccc1)c1ccccc1.c1ccc([PH+](c2ccccc2)c2ccccc2)cc1.c1ccc([PH+](c2ccccc2)c2ccccc2)cc1. The van der Waals surface area contributed by atoms with Crippen molar-refractivity contribution in [3.8, 4) is 0 Å². The van der Waals surface area contributed by atoms with Crippen molar-refractivity contribution >= 4 is 71.5 Å². The Balaban J connectivity index is 0.000000145. The van der Waals surface area contributed by atoms with E-state index < -0.39 is 23.8 Å². The van der Waals surface area contributed by atoms with Crippen LogP contribution in [0, 0.1) is 6.07 Å². The van der Waals surface area contributed by atoms with E-state index in [2.05, 4.69) is 261 Å². The molecule has 1 radical (unpaired) electrons. The van der Waals surface area contributed by atoms with Gasteiger partial charge in [-0.15, -0.1) is 12.1 Å². The smallest absolute Gasteiger partial charge is 0.102 e. The maximum atomic E-state index is 3.41. The molecule has 0 saturated heterocycles. The van der Waals surface area contributed by atoms with E-state index in [1.807, 2.05) is 12.1 Å². The van der Waals surface area contributed by atoms with Crippen LogP contribution in [0.5, 0.6) is 0 Å². The first-order valence-corrected chi connectivity index (χ1v) is 23.9. The second-order valence-electron chi connectivity index (χ2n) is 13.3. The molecule has 0 spiro atoms. The van der Waals surface area contributed by atoms with Crippen LogP contribution in [0.2, 0.25) is 0 Å². The molecule has 9 aromatic carbocycles. The van der Waals surface area contributed by atoms with Gasteiger partial charge in [0.1, 0.15) is 31.8 Å². The summed E-state index contributed by atoms with van der Waals surface area (Å²) in [6.07, 6.45) is 0. The summed E-state index contributed by atoms with van der Waals surface area (Å²) in [6, 6.07) is 98.2. The first kappa shape index (κ1) is 42.5. The fourth-order valence-electron chi connectivity index (χ4n) is 6.87. The van der Waals surface area contributed by atoms with Crippen LogP contribution in [0.3, 0.4) is 0 Å². The second kappa shape index (κ2) is 23.4. The van der Waals surface area contributed by atoms with Gasteiger partial charge in [-0.3, -0.25) is 0 Å². The van der Waals surface area contributed by atoms with E-state index in [1.165, 1.54) is 47.7 Å². The molecule has 0 amide bonds. The number of hydrogen-bond donors (Lipinski definition) is 0. The Kier molecular flexibility index (Phi) is 17.1. The van der Waals surface area contributed by atoms with Crippen molar-refractivity contribution in [2.24, 2.45) is 0 Å². The molecule has 0 aromatic heterocycles. The van der Waals surface area contributed by atoms with Gasteiger partial charge < -0.3 is 0 Å². The summed E-state index contributed by atoms with van der Waals surface area (Å²) in [5.74, 6) is 0. The normalized spacial score (nSPS) is 10.4. The summed E-state index contributed by atoms with van der Waals surface area (Å²) in [5, 5.41) is 12.7. The third kappa shape index (κ3) is 12.0. The molecule has 0 fully saturated rings. The summed E-state index contributed by atoms with van der Waals surface area (Å²) in [7, 11) is -2.69. The van der Waals surface area contributed by atoms with Crippen molar-refractivity contribution in [3.63, 3.8) is 0 Å². The third-order valence-electron chi connectivity index (χ3n) is 9.48. The van der Waals surface area contributed by atoms with Crippen molar-refractivity contribution < 1.29 is 20.1 Å². The Morgan fingerprint density at radius 2 is 0.397 bits per heavy atom. The van der Waals surface area contributed by atoms with Gasteiger partial charge in [0, 0.05) is 20.1 Å². The molecule has 4 heteroatoms. The van der Waals surface area contributed by atoms with Gasteiger partial charge in [-0.05, 0) is 102 Å². The summed E-state index contributed by atoms with van der Waals surface area (Å²) >= 11 is 0. The van der Waals surface area contributed by atoms with Crippen LogP contribution in [0.15, 0.2) is 267 Å². The van der Waals surface area contributed by atoms with Crippen LogP contribution in [0.4, 0.5) is 0 Å². The second-order valence-corrected chi connectivity index (χ2v) is 20.7. The van der Waals surface area contributed by atoms with Gasteiger partial charge in [0.05, 0.1) is 34.4 Å². The van der Waals surface area contributed by atoms with Crippen LogP contribution in [0.1, 0.15) is 0 Å². The molecule has 0 bridgehead atoms. The van der Waals surface area contributed by atoms with Gasteiger partial charge in [0.2, 0.25) is 0 Å². The molecule has 0 heterocycles. The zero-order valence-electron chi connectivity index (χ0n) is 32.2. The maximum Gasteiger partial charge on any atom is 0.102 e. The number of hydrogen-bond acceptors (Lipinski definition) is 0. The average Bonchev–Trinajstić information content (AvgIpc) is 3.30. The van der Waals surface area contributed by atoms with Gasteiger partial charge in [0.25, 0.3) is 0 Å². The van der Waals surface area contributed by atoms with E-state index in [-0.39, 0.29) is 20.1 Å². The molecule has 0 aliphatic rings. The molecule has 0 aliphatic heterocycles. The minimum Gasteiger partial charge on any atom is -0.173 e. The molecule has 0 unspecified atom stereocenters. The average molecular weight is 981 g/mol. The Labute approximate surface area is 362 Å². The van der Waals surface area contributed by atoms with Gasteiger partial charge in [-0.1, -0.05) is 146 Å². The van der Waals surface area contributed by atoms with Crippen molar-refractivity contribution in [2.75, 3.05) is 0 Å². The summed E-state index contributed by atoms with van der Waals surface area (Å²) in [6.45, 7) is 0. The van der Waals surface area contributed by atoms with E-state index in [4.69, 9.17) is 0 Å². The molecule has 0 N–H and O–H groups in total. The van der Waals surface area contributed by atoms with E-state index in [0.29, 0.717) is 0 Å². The predicted octanol–water partition coefficient (Wildman–Crippen LogP) is 9.33. The van der Waals surface area contributed by atoms with Gasteiger partial charge >= 0.3 is 0 Å². The predicted molar refractivity (Wildman–Crippen MR) is 258 cm³/mol. The molecular formula is C54H47IrP3+2. The van der Waals surface area contributed by atoms with Gasteiger partial charge in [-0.25, -0.2) is 0 Å².